The highest BCUT2D eigenvalue weighted by atomic mass is 32.2. The second kappa shape index (κ2) is 15.9. The zero-order valence-electron chi connectivity index (χ0n) is 29.6. The molecule has 278 valence electrons. The molecule has 0 aliphatic carbocycles. The number of aryl methyl sites for hydroxylation is 1. The largest absolute Gasteiger partial charge is 0.419 e. The van der Waals surface area contributed by atoms with Crippen LogP contribution in [-0.4, -0.2) is 87.4 Å². The summed E-state index contributed by atoms with van der Waals surface area (Å²) < 4.78 is 36.5. The highest BCUT2D eigenvalue weighted by Crippen LogP contribution is 2.22. The summed E-state index contributed by atoms with van der Waals surface area (Å²) in [5, 5.41) is 15.5. The first-order valence-corrected chi connectivity index (χ1v) is 18.3. The smallest absolute Gasteiger partial charge is 0.408 e. The zero-order valence-corrected chi connectivity index (χ0v) is 30.4. The van der Waals surface area contributed by atoms with Crippen LogP contribution >= 0.6 is 0 Å². The van der Waals surface area contributed by atoms with Gasteiger partial charge >= 0.3 is 5.76 Å². The van der Waals surface area contributed by atoms with E-state index in [0.29, 0.717) is 17.2 Å². The van der Waals surface area contributed by atoms with Crippen molar-refractivity contribution in [3.63, 3.8) is 0 Å². The van der Waals surface area contributed by atoms with Crippen molar-refractivity contribution < 1.29 is 32.0 Å². The van der Waals surface area contributed by atoms with Gasteiger partial charge in [0.15, 0.2) is 11.4 Å². The van der Waals surface area contributed by atoms with Crippen LogP contribution in [0.3, 0.4) is 0 Å². The molecule has 0 spiro atoms. The molecular weight excluding hydrogens is 694 g/mol. The van der Waals surface area contributed by atoms with Crippen LogP contribution in [0, 0.1) is 5.92 Å². The van der Waals surface area contributed by atoms with Crippen molar-refractivity contribution in [3.8, 4) is 11.4 Å². The lowest BCUT2D eigenvalue weighted by atomic mass is 10.0. The lowest BCUT2D eigenvalue weighted by Gasteiger charge is -2.25. The number of carbonyl (C=O) groups is 4. The third-order valence-corrected chi connectivity index (χ3v) is 10.4. The SMILES string of the molecule is CC(C)C[C@H]1NC(=O)[C@@H](C)NC(=O)CN(S(=O)(=O)c2ccc3oc(=O)n(C)c3c2)CCCNC(=O)Cn2nc(-c3ccccc3)nc2[C@H](C)NC1=O. The van der Waals surface area contributed by atoms with Gasteiger partial charge in [-0.2, -0.15) is 9.40 Å². The summed E-state index contributed by atoms with van der Waals surface area (Å²) in [5.41, 5.74) is 1.13. The molecule has 1 aliphatic rings. The molecule has 18 heteroatoms. The van der Waals surface area contributed by atoms with Gasteiger partial charge in [-0.3, -0.25) is 23.7 Å². The number of benzene rings is 2. The number of rotatable bonds is 5. The average Bonchev–Trinajstić information content (AvgIpc) is 3.64. The summed E-state index contributed by atoms with van der Waals surface area (Å²) >= 11 is 0. The first-order valence-electron chi connectivity index (χ1n) is 16.9. The molecule has 52 heavy (non-hydrogen) atoms. The van der Waals surface area contributed by atoms with Crippen LogP contribution in [0.25, 0.3) is 22.5 Å². The van der Waals surface area contributed by atoms with Gasteiger partial charge in [-0.1, -0.05) is 44.2 Å². The molecule has 0 saturated carbocycles. The maximum atomic E-state index is 13.9. The van der Waals surface area contributed by atoms with Crippen LogP contribution < -0.4 is 27.0 Å². The predicted octanol–water partition coefficient (Wildman–Crippen LogP) is 0.814. The molecular formula is C34H43N9O8S. The fourth-order valence-electron chi connectivity index (χ4n) is 5.77. The first-order chi connectivity index (χ1) is 24.6. The number of carbonyl (C=O) groups excluding carboxylic acids is 4. The molecule has 0 bridgehead atoms. The van der Waals surface area contributed by atoms with Crippen LogP contribution in [-0.2, 0) is 42.8 Å². The topological polar surface area (TPSA) is 220 Å². The minimum Gasteiger partial charge on any atom is -0.408 e. The minimum absolute atomic E-state index is 0.00246. The number of nitrogens with one attached hydrogen (secondary N) is 4. The standard InChI is InChI=1S/C34H43N9O8S/c1-20(2)16-25-33(47)37-21(3)31-39-30(23-10-7-6-8-11-23)40-43(31)19-28(44)35-14-9-15-42(18-29(45)36-22(4)32(46)38-25)52(49,50)24-12-13-27-26(17-24)41(5)34(48)51-27/h6-8,10-13,17,20-22,25H,9,14-16,18-19H2,1-5H3,(H,35,44)(H,36,45)(H,37,47)(H,38,46)/t21-,22+,25+/m0/s1. The van der Waals surface area contributed by atoms with Crippen molar-refractivity contribution in [1.82, 2.24) is 44.9 Å². The second-order valence-electron chi connectivity index (χ2n) is 13.1. The fraction of sp³-hybridized carbons (Fsp3) is 0.441. The van der Waals surface area contributed by atoms with Crippen molar-refractivity contribution in [2.75, 3.05) is 19.6 Å². The van der Waals surface area contributed by atoms with E-state index >= 15 is 0 Å². The van der Waals surface area contributed by atoms with E-state index in [1.54, 1.807) is 6.92 Å². The van der Waals surface area contributed by atoms with E-state index < -0.39 is 64.1 Å². The summed E-state index contributed by atoms with van der Waals surface area (Å²) in [4.78, 5) is 69.9. The monoisotopic (exact) mass is 737 g/mol. The van der Waals surface area contributed by atoms with Crippen LogP contribution in [0.2, 0.25) is 0 Å². The van der Waals surface area contributed by atoms with Crippen LogP contribution in [0.5, 0.6) is 0 Å². The van der Waals surface area contributed by atoms with Crippen LogP contribution in [0.1, 0.15) is 52.4 Å². The molecule has 17 nitrogen and oxygen atoms in total. The molecule has 0 fully saturated rings. The Morgan fingerprint density at radius 1 is 0.904 bits per heavy atom. The quantitative estimate of drug-likeness (QED) is 0.226. The molecule has 0 saturated heterocycles. The van der Waals surface area contributed by atoms with E-state index in [2.05, 4.69) is 31.3 Å². The first kappa shape index (κ1) is 37.9. The van der Waals surface area contributed by atoms with Gasteiger partial charge in [0.25, 0.3) is 0 Å². The Morgan fingerprint density at radius 2 is 1.63 bits per heavy atom. The Morgan fingerprint density at radius 3 is 2.35 bits per heavy atom. The molecule has 4 N–H and O–H groups in total. The number of hydrogen-bond donors (Lipinski definition) is 4. The number of hydrogen-bond acceptors (Lipinski definition) is 10. The van der Waals surface area contributed by atoms with E-state index in [1.807, 2.05) is 44.2 Å². The second-order valence-corrected chi connectivity index (χ2v) is 15.1. The minimum atomic E-state index is -4.34. The maximum Gasteiger partial charge on any atom is 0.419 e. The summed E-state index contributed by atoms with van der Waals surface area (Å²) in [5.74, 6) is -2.39. The summed E-state index contributed by atoms with van der Waals surface area (Å²) in [7, 11) is -2.91. The number of amides is 4. The highest BCUT2D eigenvalue weighted by molar-refractivity contribution is 7.89. The van der Waals surface area contributed by atoms with E-state index in [1.165, 1.54) is 36.9 Å². The maximum absolute atomic E-state index is 13.9. The molecule has 3 heterocycles. The van der Waals surface area contributed by atoms with E-state index in [9.17, 15) is 32.4 Å². The normalized spacial score (nSPS) is 20.6. The van der Waals surface area contributed by atoms with Gasteiger partial charge in [0.2, 0.25) is 33.7 Å². The van der Waals surface area contributed by atoms with Crippen molar-refractivity contribution in [2.45, 2.75) is 70.1 Å². The molecule has 5 rings (SSSR count). The van der Waals surface area contributed by atoms with Crippen LogP contribution in [0.4, 0.5) is 0 Å². The number of sulfonamides is 1. The molecule has 0 radical (unpaired) electrons. The summed E-state index contributed by atoms with van der Waals surface area (Å²) in [6.07, 6.45) is 0.386. The van der Waals surface area contributed by atoms with E-state index in [0.717, 1.165) is 8.87 Å². The van der Waals surface area contributed by atoms with E-state index in [-0.39, 0.29) is 54.4 Å². The van der Waals surface area contributed by atoms with E-state index in [4.69, 9.17) is 4.42 Å². The summed E-state index contributed by atoms with van der Waals surface area (Å²) in [6, 6.07) is 10.2. The van der Waals surface area contributed by atoms with Gasteiger partial charge in [0.05, 0.1) is 23.0 Å². The fourth-order valence-corrected chi connectivity index (χ4v) is 7.22. The van der Waals surface area contributed by atoms with Gasteiger partial charge in [-0.15, -0.1) is 0 Å². The van der Waals surface area contributed by atoms with Crippen molar-refractivity contribution in [2.24, 2.45) is 13.0 Å². The van der Waals surface area contributed by atoms with Crippen molar-refractivity contribution in [3.05, 3.63) is 64.9 Å². The number of oxazole rings is 1. The Balaban J connectivity index is 1.46. The lowest BCUT2D eigenvalue weighted by molar-refractivity contribution is -0.132. The molecule has 3 atom stereocenters. The third kappa shape index (κ3) is 8.74. The number of aromatic nitrogens is 4. The van der Waals surface area contributed by atoms with Crippen molar-refractivity contribution in [1.29, 1.82) is 0 Å². The Hall–Kier alpha value is -5.36. The Labute approximate surface area is 300 Å². The van der Waals surface area contributed by atoms with Gasteiger partial charge in [0, 0.05) is 25.7 Å². The number of fused-ring (bicyclic) bond motifs is 2. The van der Waals surface area contributed by atoms with Crippen molar-refractivity contribution >= 4 is 44.8 Å². The highest BCUT2D eigenvalue weighted by Gasteiger charge is 2.31. The number of nitrogens with zero attached hydrogens (tertiary/aromatic N) is 5. The average molecular weight is 738 g/mol. The zero-order chi connectivity index (χ0) is 37.7. The molecule has 1 aliphatic heterocycles. The van der Waals surface area contributed by atoms with Gasteiger partial charge in [0.1, 0.15) is 24.5 Å². The third-order valence-electron chi connectivity index (χ3n) is 8.51. The Bertz CT molecular complexity index is 2120. The molecule has 0 unspecified atom stereocenters. The van der Waals surface area contributed by atoms with Crippen LogP contribution in [0.15, 0.2) is 62.6 Å². The predicted molar refractivity (Wildman–Crippen MR) is 189 cm³/mol. The molecule has 4 aromatic rings. The van der Waals surface area contributed by atoms with Gasteiger partial charge < -0.3 is 25.7 Å². The van der Waals surface area contributed by atoms with Gasteiger partial charge in [-0.25, -0.2) is 22.9 Å². The Kier molecular flexibility index (Phi) is 11.6. The molecule has 2 aromatic heterocycles. The van der Waals surface area contributed by atoms with Gasteiger partial charge in [-0.05, 0) is 50.8 Å². The lowest BCUT2D eigenvalue weighted by Crippen LogP contribution is -2.54. The molecule has 2 aromatic carbocycles. The summed E-state index contributed by atoms with van der Waals surface area (Å²) in [6.45, 7) is 5.85. The molecule has 4 amide bonds.